The summed E-state index contributed by atoms with van der Waals surface area (Å²) in [4.78, 5) is 11.4. The zero-order valence-electron chi connectivity index (χ0n) is 32.8. The fourth-order valence-corrected chi connectivity index (χ4v) is 11.5. The zero-order chi connectivity index (χ0) is 37.3. The first-order valence-corrected chi connectivity index (χ1v) is 25.7. The Kier molecular flexibility index (Phi) is 15.8. The Bertz CT molecular complexity index is 1350. The van der Waals surface area contributed by atoms with Crippen molar-refractivity contribution >= 4 is 32.4 Å². The molecule has 2 N–H and O–H groups in total. The SMILES string of the molecule is CCCCC[C@@H](/C=C/[C@H]1[C@H](O[Si](C)(C)C(C)(C)C)C[C@H](NC)[C@@]1(C/C=C\CCCC(=O)O)S(=O)(=O)c1ccccc1)O[Si](C)(C)C(C)(C)C. The van der Waals surface area contributed by atoms with Crippen molar-refractivity contribution in [1.82, 2.24) is 5.32 Å². The number of allylic oxidation sites excluding steroid dienone is 2. The van der Waals surface area contributed by atoms with Crippen LogP contribution in [-0.2, 0) is 23.5 Å². The molecule has 0 aromatic heterocycles. The first-order valence-electron chi connectivity index (χ1n) is 18.4. The molecule has 0 bridgehead atoms. The fourth-order valence-electron chi connectivity index (χ4n) is 6.37. The molecule has 2 rings (SSSR count). The first-order chi connectivity index (χ1) is 22.6. The van der Waals surface area contributed by atoms with Crippen molar-refractivity contribution in [3.8, 4) is 0 Å². The maximum absolute atomic E-state index is 15.2. The summed E-state index contributed by atoms with van der Waals surface area (Å²) in [6.45, 7) is 24.7. The van der Waals surface area contributed by atoms with Gasteiger partial charge in [-0.3, -0.25) is 4.79 Å². The van der Waals surface area contributed by atoms with Gasteiger partial charge in [-0.15, -0.1) is 0 Å². The maximum atomic E-state index is 15.2. The molecule has 10 heteroatoms. The topological polar surface area (TPSA) is 102 Å². The minimum Gasteiger partial charge on any atom is -0.481 e. The Morgan fingerprint density at radius 2 is 1.61 bits per heavy atom. The molecule has 5 atom stereocenters. The van der Waals surface area contributed by atoms with Gasteiger partial charge in [-0.1, -0.05) is 110 Å². The Balaban J connectivity index is 2.84. The second-order valence-corrected chi connectivity index (χ2v) is 28.8. The van der Waals surface area contributed by atoms with E-state index in [0.717, 1.165) is 25.7 Å². The highest BCUT2D eigenvalue weighted by atomic mass is 32.2. The van der Waals surface area contributed by atoms with Crippen molar-refractivity contribution in [3.05, 3.63) is 54.6 Å². The smallest absolute Gasteiger partial charge is 0.303 e. The van der Waals surface area contributed by atoms with Crippen molar-refractivity contribution in [2.24, 2.45) is 5.92 Å². The van der Waals surface area contributed by atoms with Crippen LogP contribution in [0.3, 0.4) is 0 Å². The molecule has 0 spiro atoms. The lowest BCUT2D eigenvalue weighted by Crippen LogP contribution is -2.55. The highest BCUT2D eigenvalue weighted by Crippen LogP contribution is 2.52. The van der Waals surface area contributed by atoms with Gasteiger partial charge < -0.3 is 19.3 Å². The molecule has 1 fully saturated rings. The van der Waals surface area contributed by atoms with Crippen LogP contribution in [0, 0.1) is 5.92 Å². The molecule has 1 aliphatic carbocycles. The summed E-state index contributed by atoms with van der Waals surface area (Å²) >= 11 is 0. The van der Waals surface area contributed by atoms with Gasteiger partial charge in [0.2, 0.25) is 0 Å². The molecule has 1 aliphatic rings. The lowest BCUT2D eigenvalue weighted by Gasteiger charge is -2.42. The monoisotopic (exact) mass is 735 g/mol. The van der Waals surface area contributed by atoms with Crippen molar-refractivity contribution in [2.45, 2.75) is 170 Å². The summed E-state index contributed by atoms with van der Waals surface area (Å²) in [5, 5.41) is 12.6. The molecule has 49 heavy (non-hydrogen) atoms. The van der Waals surface area contributed by atoms with E-state index in [4.69, 9.17) is 14.0 Å². The van der Waals surface area contributed by atoms with Crippen LogP contribution in [0.5, 0.6) is 0 Å². The van der Waals surface area contributed by atoms with Crippen LogP contribution in [0.1, 0.15) is 106 Å². The number of sulfone groups is 1. The average Bonchev–Trinajstić information content (AvgIpc) is 3.29. The molecule has 0 heterocycles. The minimum absolute atomic E-state index is 0.0360. The Labute approximate surface area is 301 Å². The summed E-state index contributed by atoms with van der Waals surface area (Å²) in [6, 6.07) is 8.45. The van der Waals surface area contributed by atoms with Gasteiger partial charge in [0, 0.05) is 18.4 Å². The van der Waals surface area contributed by atoms with E-state index in [0.29, 0.717) is 24.2 Å². The summed E-state index contributed by atoms with van der Waals surface area (Å²) in [6.07, 6.45) is 13.9. The second kappa shape index (κ2) is 17.8. The highest BCUT2D eigenvalue weighted by molar-refractivity contribution is 7.93. The number of hydrogen-bond donors (Lipinski definition) is 2. The quantitative estimate of drug-likeness (QED) is 0.0829. The van der Waals surface area contributed by atoms with E-state index in [2.05, 4.69) is 92.1 Å². The molecule has 1 aromatic rings. The van der Waals surface area contributed by atoms with Gasteiger partial charge in [0.25, 0.3) is 0 Å². The lowest BCUT2D eigenvalue weighted by molar-refractivity contribution is -0.137. The number of carboxylic acids is 1. The highest BCUT2D eigenvalue weighted by Gasteiger charge is 2.62. The van der Waals surface area contributed by atoms with Gasteiger partial charge >= 0.3 is 5.97 Å². The van der Waals surface area contributed by atoms with E-state index in [-0.39, 0.29) is 41.2 Å². The number of unbranched alkanes of at least 4 members (excludes halogenated alkanes) is 3. The predicted molar refractivity (Wildman–Crippen MR) is 210 cm³/mol. The largest absolute Gasteiger partial charge is 0.481 e. The van der Waals surface area contributed by atoms with Gasteiger partial charge in [-0.25, -0.2) is 8.42 Å². The average molecular weight is 736 g/mol. The van der Waals surface area contributed by atoms with Gasteiger partial charge in [0.15, 0.2) is 26.5 Å². The van der Waals surface area contributed by atoms with Crippen LogP contribution in [0.2, 0.25) is 36.3 Å². The van der Waals surface area contributed by atoms with Crippen LogP contribution >= 0.6 is 0 Å². The van der Waals surface area contributed by atoms with E-state index in [9.17, 15) is 4.79 Å². The molecule has 0 amide bonds. The molecule has 1 aromatic carbocycles. The van der Waals surface area contributed by atoms with E-state index >= 15 is 8.42 Å². The minimum atomic E-state index is -3.92. The standard InChI is InChI=1S/C39H69NO6SSi2/c1-13-14-18-23-31(45-48(9,10)37(2,3)4)27-28-33-34(46-49(11,12)38(5,6)7)30-35(40-8)39(33,29-22-16-15-21-26-36(41)42)47(43,44)32-24-19-17-20-25-32/h16-17,19-20,22,24-25,27-28,31,33-35,40H,13-15,18,21,23,26,29-30H2,1-12H3,(H,41,42)/b22-16-,28-27+/t31-,33-,34+,35-,39-/m0/s1. The number of rotatable bonds is 19. The number of carboxylic acid groups (broad SMARTS) is 1. The molecule has 0 radical (unpaired) electrons. The Morgan fingerprint density at radius 3 is 2.14 bits per heavy atom. The van der Waals surface area contributed by atoms with Gasteiger partial charge in [0.1, 0.15) is 4.75 Å². The van der Waals surface area contributed by atoms with E-state index < -0.39 is 43.1 Å². The van der Waals surface area contributed by atoms with E-state index in [1.807, 2.05) is 25.3 Å². The Morgan fingerprint density at radius 1 is 1.00 bits per heavy atom. The van der Waals surface area contributed by atoms with E-state index in [1.54, 1.807) is 24.3 Å². The van der Waals surface area contributed by atoms with Crippen LogP contribution in [-0.4, -0.2) is 66.2 Å². The summed E-state index contributed by atoms with van der Waals surface area (Å²) in [7, 11) is -6.51. The summed E-state index contributed by atoms with van der Waals surface area (Å²) in [5.41, 5.74) is 0. The van der Waals surface area contributed by atoms with Gasteiger partial charge in [-0.2, -0.15) is 0 Å². The second-order valence-electron chi connectivity index (χ2n) is 17.0. The number of hydrogen-bond acceptors (Lipinski definition) is 6. The normalized spacial score (nSPS) is 23.5. The molecule has 0 unspecified atom stereocenters. The number of nitrogens with one attached hydrogen (secondary N) is 1. The van der Waals surface area contributed by atoms with Crippen LogP contribution < -0.4 is 5.32 Å². The molecule has 0 aliphatic heterocycles. The molecular formula is C39H69NO6SSi2. The maximum Gasteiger partial charge on any atom is 0.303 e. The molecule has 7 nitrogen and oxygen atoms in total. The predicted octanol–water partition coefficient (Wildman–Crippen LogP) is 9.93. The van der Waals surface area contributed by atoms with Crippen molar-refractivity contribution in [2.75, 3.05) is 7.05 Å². The number of carbonyl (C=O) groups is 1. The molecule has 0 saturated heterocycles. The number of aliphatic carboxylic acids is 1. The van der Waals surface area contributed by atoms with Crippen molar-refractivity contribution in [3.63, 3.8) is 0 Å². The third-order valence-electron chi connectivity index (χ3n) is 11.4. The van der Waals surface area contributed by atoms with Crippen LogP contribution in [0.4, 0.5) is 0 Å². The van der Waals surface area contributed by atoms with Gasteiger partial charge in [0.05, 0.1) is 17.1 Å². The van der Waals surface area contributed by atoms with E-state index in [1.165, 1.54) is 0 Å². The zero-order valence-corrected chi connectivity index (χ0v) is 35.6. The third kappa shape index (κ3) is 11.0. The summed E-state index contributed by atoms with van der Waals surface area (Å²) in [5.74, 6) is -1.28. The van der Waals surface area contributed by atoms with Crippen LogP contribution in [0.15, 0.2) is 59.5 Å². The van der Waals surface area contributed by atoms with Crippen LogP contribution in [0.25, 0.3) is 0 Å². The fraction of sp³-hybridized carbons (Fsp3) is 0.718. The molecule has 1 saturated carbocycles. The molecule has 280 valence electrons. The van der Waals surface area contributed by atoms with Crippen molar-refractivity contribution in [1.29, 1.82) is 0 Å². The lowest BCUT2D eigenvalue weighted by atomic mass is 9.87. The van der Waals surface area contributed by atoms with Gasteiger partial charge in [-0.05, 0) is 87.5 Å². The number of benzene rings is 1. The summed E-state index contributed by atoms with van der Waals surface area (Å²) < 4.78 is 43.4. The molecular weight excluding hydrogens is 667 g/mol. The third-order valence-corrected chi connectivity index (χ3v) is 23.0. The Hall–Kier alpha value is -1.57. The van der Waals surface area contributed by atoms with Crippen molar-refractivity contribution < 1.29 is 27.2 Å². The first kappa shape index (κ1) is 43.6.